The van der Waals surface area contributed by atoms with Crippen LogP contribution in [0.4, 0.5) is 0 Å². The molecule has 0 spiro atoms. The zero-order chi connectivity index (χ0) is 21.5. The van der Waals surface area contributed by atoms with Gasteiger partial charge in [-0.15, -0.1) is 0 Å². The summed E-state index contributed by atoms with van der Waals surface area (Å²) in [6, 6.07) is 20.0. The molecule has 1 N–H and O–H groups in total. The molecule has 31 heavy (non-hydrogen) atoms. The summed E-state index contributed by atoms with van der Waals surface area (Å²) in [7, 11) is 0. The van der Waals surface area contributed by atoms with Gasteiger partial charge in [0.05, 0.1) is 12.1 Å². The number of hydrogen-bond donors (Lipinski definition) is 1. The normalized spacial score (nSPS) is 11.5. The number of ether oxygens (including phenoxy) is 2. The van der Waals surface area contributed by atoms with Gasteiger partial charge in [0.15, 0.2) is 0 Å². The highest BCUT2D eigenvalue weighted by atomic mass is 16.5. The Balaban J connectivity index is 1.31. The fourth-order valence-corrected chi connectivity index (χ4v) is 2.86. The average molecular weight is 415 g/mol. The quantitative estimate of drug-likeness (QED) is 0.466. The lowest BCUT2D eigenvalue weighted by molar-refractivity contribution is 0.0935. The number of hydrogen-bond acceptors (Lipinski definition) is 6. The third-order valence-corrected chi connectivity index (χ3v) is 4.33. The highest BCUT2D eigenvalue weighted by molar-refractivity contribution is 5.94. The topological polar surface area (TPSA) is 91.2 Å². The fourth-order valence-electron chi connectivity index (χ4n) is 2.86. The Kier molecular flexibility index (Phi) is 6.18. The highest BCUT2D eigenvalue weighted by Gasteiger charge is 2.11. The van der Waals surface area contributed by atoms with E-state index < -0.39 is 0 Å². The van der Waals surface area contributed by atoms with Crippen molar-refractivity contribution in [2.75, 3.05) is 0 Å². The van der Waals surface area contributed by atoms with Crippen LogP contribution < -0.4 is 14.8 Å². The second kappa shape index (κ2) is 9.53. The number of carbonyl (C=O) groups is 1. The van der Waals surface area contributed by atoms with Crippen molar-refractivity contribution in [2.24, 2.45) is 0 Å². The van der Waals surface area contributed by atoms with E-state index in [9.17, 15) is 4.79 Å². The van der Waals surface area contributed by atoms with Crippen molar-refractivity contribution in [1.29, 1.82) is 0 Å². The van der Waals surface area contributed by atoms with Crippen LogP contribution in [0.2, 0.25) is 0 Å². The lowest BCUT2D eigenvalue weighted by Crippen LogP contribution is -2.35. The summed E-state index contributed by atoms with van der Waals surface area (Å²) < 4.78 is 13.2. The van der Waals surface area contributed by atoms with E-state index in [0.29, 0.717) is 29.5 Å². The summed E-state index contributed by atoms with van der Waals surface area (Å²) in [5, 5.41) is 6.94. The standard InChI is InChI=1S/C23H21N5O3/c1-17(14-28-16-24-15-26-28)27-23(29)18-7-12-22(25-13-18)31-21-10-8-20(9-11-21)30-19-5-3-2-4-6-19/h2-13,15-17H,14H2,1H3,(H,27,29). The van der Waals surface area contributed by atoms with Gasteiger partial charge in [-0.3, -0.25) is 9.48 Å². The molecule has 0 saturated heterocycles. The first kappa shape index (κ1) is 20.1. The zero-order valence-corrected chi connectivity index (χ0v) is 16.9. The summed E-state index contributed by atoms with van der Waals surface area (Å²) in [6.45, 7) is 2.43. The lowest BCUT2D eigenvalue weighted by Gasteiger charge is -2.13. The van der Waals surface area contributed by atoms with Crippen LogP contribution in [0.25, 0.3) is 0 Å². The van der Waals surface area contributed by atoms with Gasteiger partial charge < -0.3 is 14.8 Å². The van der Waals surface area contributed by atoms with Gasteiger partial charge in [-0.05, 0) is 49.4 Å². The Hall–Kier alpha value is -4.20. The highest BCUT2D eigenvalue weighted by Crippen LogP contribution is 2.25. The van der Waals surface area contributed by atoms with Gasteiger partial charge >= 0.3 is 0 Å². The first-order valence-corrected chi connectivity index (χ1v) is 9.76. The van der Waals surface area contributed by atoms with E-state index in [-0.39, 0.29) is 11.9 Å². The smallest absolute Gasteiger partial charge is 0.253 e. The molecule has 4 aromatic rings. The van der Waals surface area contributed by atoms with Gasteiger partial charge in [-0.25, -0.2) is 9.97 Å². The van der Waals surface area contributed by atoms with E-state index in [1.807, 2.05) is 49.4 Å². The lowest BCUT2D eigenvalue weighted by atomic mass is 10.2. The third kappa shape index (κ3) is 5.66. The molecule has 2 heterocycles. The minimum absolute atomic E-state index is 0.109. The molecule has 8 heteroatoms. The summed E-state index contributed by atoms with van der Waals surface area (Å²) in [5.74, 6) is 2.27. The molecule has 0 aliphatic rings. The largest absolute Gasteiger partial charge is 0.457 e. The second-order valence-electron chi connectivity index (χ2n) is 6.87. The molecule has 0 aliphatic heterocycles. The van der Waals surface area contributed by atoms with Crippen molar-refractivity contribution < 1.29 is 14.3 Å². The van der Waals surface area contributed by atoms with Gasteiger partial charge in [-0.1, -0.05) is 18.2 Å². The summed E-state index contributed by atoms with van der Waals surface area (Å²) in [5.41, 5.74) is 0.449. The molecule has 1 atom stereocenters. The van der Waals surface area contributed by atoms with Gasteiger partial charge in [-0.2, -0.15) is 5.10 Å². The molecule has 2 aromatic carbocycles. The number of amides is 1. The van der Waals surface area contributed by atoms with Crippen molar-refractivity contribution in [2.45, 2.75) is 19.5 Å². The van der Waals surface area contributed by atoms with Crippen LogP contribution in [0.15, 0.2) is 85.6 Å². The number of nitrogens with zero attached hydrogens (tertiary/aromatic N) is 4. The maximum atomic E-state index is 12.4. The van der Waals surface area contributed by atoms with E-state index in [1.54, 1.807) is 35.3 Å². The molecular weight excluding hydrogens is 394 g/mol. The van der Waals surface area contributed by atoms with E-state index >= 15 is 0 Å². The Morgan fingerprint density at radius 2 is 1.68 bits per heavy atom. The van der Waals surface area contributed by atoms with E-state index in [4.69, 9.17) is 9.47 Å². The minimum Gasteiger partial charge on any atom is -0.457 e. The molecule has 2 aromatic heterocycles. The molecule has 0 radical (unpaired) electrons. The summed E-state index contributed by atoms with van der Waals surface area (Å²) >= 11 is 0. The maximum Gasteiger partial charge on any atom is 0.253 e. The first-order chi connectivity index (χ1) is 15.2. The SMILES string of the molecule is CC(Cn1cncn1)NC(=O)c1ccc(Oc2ccc(Oc3ccccc3)cc2)nc1. The van der Waals surface area contributed by atoms with Crippen LogP contribution in [0.5, 0.6) is 23.1 Å². The van der Waals surface area contributed by atoms with Crippen molar-refractivity contribution in [3.05, 3.63) is 91.1 Å². The van der Waals surface area contributed by atoms with Gasteiger partial charge in [0.2, 0.25) is 5.88 Å². The van der Waals surface area contributed by atoms with Crippen LogP contribution in [0, 0.1) is 0 Å². The van der Waals surface area contributed by atoms with Gasteiger partial charge in [0, 0.05) is 18.3 Å². The molecule has 0 bridgehead atoms. The van der Waals surface area contributed by atoms with Crippen LogP contribution in [0.1, 0.15) is 17.3 Å². The molecule has 0 fully saturated rings. The Morgan fingerprint density at radius 1 is 0.968 bits per heavy atom. The van der Waals surface area contributed by atoms with Gasteiger partial charge in [0.25, 0.3) is 5.91 Å². The zero-order valence-electron chi connectivity index (χ0n) is 16.9. The van der Waals surface area contributed by atoms with Crippen LogP contribution in [0.3, 0.4) is 0 Å². The average Bonchev–Trinajstić information content (AvgIpc) is 3.29. The summed E-state index contributed by atoms with van der Waals surface area (Å²) in [6.07, 6.45) is 4.55. The van der Waals surface area contributed by atoms with Gasteiger partial charge in [0.1, 0.15) is 29.9 Å². The maximum absolute atomic E-state index is 12.4. The molecule has 0 aliphatic carbocycles. The van der Waals surface area contributed by atoms with Crippen molar-refractivity contribution in [3.8, 4) is 23.1 Å². The Bertz CT molecular complexity index is 1100. The van der Waals surface area contributed by atoms with Crippen molar-refractivity contribution >= 4 is 5.91 Å². The number of nitrogens with one attached hydrogen (secondary N) is 1. The van der Waals surface area contributed by atoms with E-state index in [1.165, 1.54) is 12.5 Å². The first-order valence-electron chi connectivity index (χ1n) is 9.76. The van der Waals surface area contributed by atoms with Crippen LogP contribution >= 0.6 is 0 Å². The second-order valence-corrected chi connectivity index (χ2v) is 6.87. The Morgan fingerprint density at radius 3 is 2.32 bits per heavy atom. The monoisotopic (exact) mass is 415 g/mol. The molecule has 1 amide bonds. The minimum atomic E-state index is -0.214. The predicted octanol–water partition coefficient (Wildman–Crippen LogP) is 4.08. The molecule has 1 unspecified atom stereocenters. The number of aromatic nitrogens is 4. The number of carbonyl (C=O) groups excluding carboxylic acids is 1. The molecule has 8 nitrogen and oxygen atoms in total. The van der Waals surface area contributed by atoms with E-state index in [2.05, 4.69) is 20.4 Å². The third-order valence-electron chi connectivity index (χ3n) is 4.33. The molecular formula is C23H21N5O3. The number of pyridine rings is 1. The van der Waals surface area contributed by atoms with Crippen LogP contribution in [-0.4, -0.2) is 31.7 Å². The fraction of sp³-hybridized carbons (Fsp3) is 0.130. The summed E-state index contributed by atoms with van der Waals surface area (Å²) in [4.78, 5) is 20.5. The molecule has 0 saturated carbocycles. The van der Waals surface area contributed by atoms with Crippen molar-refractivity contribution in [1.82, 2.24) is 25.1 Å². The number of benzene rings is 2. The molecule has 4 rings (SSSR count). The van der Waals surface area contributed by atoms with Crippen molar-refractivity contribution in [3.63, 3.8) is 0 Å². The van der Waals surface area contributed by atoms with E-state index in [0.717, 1.165) is 5.75 Å². The Labute approximate surface area is 179 Å². The number of rotatable bonds is 8. The predicted molar refractivity (Wildman–Crippen MR) is 114 cm³/mol. The van der Waals surface area contributed by atoms with Crippen LogP contribution in [-0.2, 0) is 6.54 Å². The molecule has 156 valence electrons. The number of para-hydroxylation sites is 1.